The highest BCUT2D eigenvalue weighted by atomic mass is 19.1. The Kier molecular flexibility index (Phi) is 4.06. The topological polar surface area (TPSA) is 45.0 Å². The molecule has 0 aliphatic heterocycles. The van der Waals surface area contributed by atoms with E-state index in [0.717, 1.165) is 12.8 Å². The molecule has 1 aromatic rings. The maximum Gasteiger partial charge on any atom is 0.126 e. The Bertz CT molecular complexity index is 483. The average Bonchev–Trinajstić information content (AvgIpc) is 2.72. The Morgan fingerprint density at radius 3 is 2.95 bits per heavy atom. The van der Waals surface area contributed by atoms with Crippen LogP contribution >= 0.6 is 0 Å². The van der Waals surface area contributed by atoms with E-state index in [0.29, 0.717) is 12.2 Å². The number of halogens is 1. The first-order valence-corrected chi connectivity index (χ1v) is 6.64. The third kappa shape index (κ3) is 3.45. The second kappa shape index (κ2) is 5.58. The molecule has 1 aromatic carbocycles. The molecule has 1 aliphatic rings. The Morgan fingerprint density at radius 2 is 2.32 bits per heavy atom. The number of rotatable bonds is 4. The smallest absolute Gasteiger partial charge is 0.126 e. The highest BCUT2D eigenvalue weighted by Crippen LogP contribution is 2.33. The maximum absolute atomic E-state index is 13.1. The summed E-state index contributed by atoms with van der Waals surface area (Å²) in [6.45, 7) is 4.06. The first-order chi connectivity index (χ1) is 9.03. The predicted octanol–water partition coefficient (Wildman–Crippen LogP) is 3.02. The second-order valence-electron chi connectivity index (χ2n) is 5.43. The van der Waals surface area contributed by atoms with Crippen LogP contribution in [-0.4, -0.2) is 17.7 Å². The Morgan fingerprint density at radius 1 is 1.53 bits per heavy atom. The van der Waals surface area contributed by atoms with Gasteiger partial charge < -0.3 is 4.74 Å². The fourth-order valence-corrected chi connectivity index (χ4v) is 2.65. The molecule has 1 N–H and O–H groups in total. The van der Waals surface area contributed by atoms with Gasteiger partial charge in [-0.15, -0.1) is 0 Å². The van der Waals surface area contributed by atoms with Gasteiger partial charge in [-0.05, 0) is 38.8 Å². The molecule has 3 nitrogen and oxygen atoms in total. The lowest BCUT2D eigenvalue weighted by molar-refractivity contribution is 0.198. The molecule has 0 saturated heterocycles. The van der Waals surface area contributed by atoms with Gasteiger partial charge in [-0.25, -0.2) is 4.39 Å². The number of benzene rings is 1. The molecule has 2 rings (SSSR count). The quantitative estimate of drug-likeness (QED) is 0.907. The van der Waals surface area contributed by atoms with E-state index in [-0.39, 0.29) is 18.0 Å². The Labute approximate surface area is 113 Å². The second-order valence-corrected chi connectivity index (χ2v) is 5.43. The van der Waals surface area contributed by atoms with Crippen molar-refractivity contribution in [1.82, 2.24) is 5.32 Å². The summed E-state index contributed by atoms with van der Waals surface area (Å²) < 4.78 is 18.9. The number of hydrogen-bond donors (Lipinski definition) is 1. The molecule has 0 radical (unpaired) electrons. The van der Waals surface area contributed by atoms with Gasteiger partial charge in [0.05, 0.1) is 6.07 Å². The van der Waals surface area contributed by atoms with Gasteiger partial charge in [0.2, 0.25) is 0 Å². The van der Waals surface area contributed by atoms with Crippen molar-refractivity contribution >= 4 is 0 Å². The van der Waals surface area contributed by atoms with Crippen LogP contribution in [0.1, 0.15) is 33.1 Å². The third-order valence-corrected chi connectivity index (χ3v) is 3.35. The lowest BCUT2D eigenvalue weighted by Crippen LogP contribution is -2.46. The molecule has 2 unspecified atom stereocenters. The van der Waals surface area contributed by atoms with E-state index in [1.165, 1.54) is 12.1 Å². The molecule has 0 aromatic heterocycles. The molecule has 0 bridgehead atoms. The zero-order valence-corrected chi connectivity index (χ0v) is 11.3. The standard InChI is InChI=1S/C15H19FN2O/c1-11(2)18-15(10-17)7-6-14(9-15)19-13-5-3-4-12(16)8-13/h3-5,8,11,14,18H,6-7,9H2,1-2H3. The van der Waals surface area contributed by atoms with Crippen LogP contribution in [0, 0.1) is 17.1 Å². The van der Waals surface area contributed by atoms with E-state index in [1.807, 2.05) is 13.8 Å². The van der Waals surface area contributed by atoms with E-state index in [4.69, 9.17) is 4.74 Å². The van der Waals surface area contributed by atoms with E-state index < -0.39 is 5.54 Å². The molecule has 1 fully saturated rings. The van der Waals surface area contributed by atoms with Crippen LogP contribution in [-0.2, 0) is 0 Å². The van der Waals surface area contributed by atoms with Gasteiger partial charge in [-0.3, -0.25) is 5.32 Å². The summed E-state index contributed by atoms with van der Waals surface area (Å²) in [6, 6.07) is 8.77. The van der Waals surface area contributed by atoms with E-state index >= 15 is 0 Å². The fraction of sp³-hybridized carbons (Fsp3) is 0.533. The first kappa shape index (κ1) is 13.8. The summed E-state index contributed by atoms with van der Waals surface area (Å²) in [5.74, 6) is 0.227. The van der Waals surface area contributed by atoms with E-state index in [9.17, 15) is 9.65 Å². The summed E-state index contributed by atoms with van der Waals surface area (Å²) in [4.78, 5) is 0. The van der Waals surface area contributed by atoms with Gasteiger partial charge >= 0.3 is 0 Å². The van der Waals surface area contributed by atoms with Crippen LogP contribution < -0.4 is 10.1 Å². The summed E-state index contributed by atoms with van der Waals surface area (Å²) in [7, 11) is 0. The monoisotopic (exact) mass is 262 g/mol. The fourth-order valence-electron chi connectivity index (χ4n) is 2.65. The van der Waals surface area contributed by atoms with Crippen molar-refractivity contribution in [2.24, 2.45) is 0 Å². The highest BCUT2D eigenvalue weighted by Gasteiger charge is 2.40. The van der Waals surface area contributed by atoms with Crippen LogP contribution in [0.15, 0.2) is 24.3 Å². The molecular formula is C15H19FN2O. The number of hydrogen-bond acceptors (Lipinski definition) is 3. The maximum atomic E-state index is 13.1. The summed E-state index contributed by atoms with van der Waals surface area (Å²) in [5, 5.41) is 12.7. The zero-order valence-electron chi connectivity index (χ0n) is 11.3. The van der Waals surface area contributed by atoms with Gasteiger partial charge in [0, 0.05) is 18.5 Å². The van der Waals surface area contributed by atoms with Crippen molar-refractivity contribution in [3.63, 3.8) is 0 Å². The van der Waals surface area contributed by atoms with Crippen molar-refractivity contribution in [3.05, 3.63) is 30.1 Å². The van der Waals surface area contributed by atoms with Gasteiger partial charge in [-0.1, -0.05) is 6.07 Å². The average molecular weight is 262 g/mol. The van der Waals surface area contributed by atoms with Gasteiger partial charge in [0.1, 0.15) is 23.2 Å². The number of nitrogens with one attached hydrogen (secondary N) is 1. The van der Waals surface area contributed by atoms with Crippen LogP contribution in [0.4, 0.5) is 4.39 Å². The molecule has 4 heteroatoms. The molecule has 19 heavy (non-hydrogen) atoms. The minimum atomic E-state index is -0.508. The number of nitriles is 1. The van der Waals surface area contributed by atoms with Crippen LogP contribution in [0.5, 0.6) is 5.75 Å². The molecular weight excluding hydrogens is 243 g/mol. The Hall–Kier alpha value is -1.60. The van der Waals surface area contributed by atoms with Crippen molar-refractivity contribution in [3.8, 4) is 11.8 Å². The van der Waals surface area contributed by atoms with Crippen molar-refractivity contribution in [2.45, 2.75) is 50.8 Å². The largest absolute Gasteiger partial charge is 0.490 e. The van der Waals surface area contributed by atoms with E-state index in [2.05, 4.69) is 11.4 Å². The number of ether oxygens (including phenoxy) is 1. The zero-order chi connectivity index (χ0) is 13.9. The van der Waals surface area contributed by atoms with E-state index in [1.54, 1.807) is 12.1 Å². The van der Waals surface area contributed by atoms with Crippen LogP contribution in [0.3, 0.4) is 0 Å². The minimum absolute atomic E-state index is 0.0345. The SMILES string of the molecule is CC(C)NC1(C#N)CCC(Oc2cccc(F)c2)C1. The minimum Gasteiger partial charge on any atom is -0.490 e. The van der Waals surface area contributed by atoms with Crippen molar-refractivity contribution < 1.29 is 9.13 Å². The normalized spacial score (nSPS) is 26.4. The van der Waals surface area contributed by atoms with Crippen molar-refractivity contribution in [2.75, 3.05) is 0 Å². The summed E-state index contributed by atoms with van der Waals surface area (Å²) >= 11 is 0. The number of nitrogens with zero attached hydrogens (tertiary/aromatic N) is 1. The van der Waals surface area contributed by atoms with Gasteiger partial charge in [-0.2, -0.15) is 5.26 Å². The molecule has 0 amide bonds. The molecule has 1 saturated carbocycles. The lowest BCUT2D eigenvalue weighted by atomic mass is 9.98. The van der Waals surface area contributed by atoms with Crippen LogP contribution in [0.25, 0.3) is 0 Å². The van der Waals surface area contributed by atoms with Crippen molar-refractivity contribution in [1.29, 1.82) is 5.26 Å². The van der Waals surface area contributed by atoms with Crippen LogP contribution in [0.2, 0.25) is 0 Å². The molecule has 1 aliphatic carbocycles. The summed E-state index contributed by atoms with van der Waals surface area (Å²) in [5.41, 5.74) is -0.508. The highest BCUT2D eigenvalue weighted by molar-refractivity contribution is 5.23. The third-order valence-electron chi connectivity index (χ3n) is 3.35. The van der Waals surface area contributed by atoms with Gasteiger partial charge in [0.15, 0.2) is 0 Å². The predicted molar refractivity (Wildman–Crippen MR) is 71.3 cm³/mol. The molecule has 0 spiro atoms. The summed E-state index contributed by atoms with van der Waals surface area (Å²) in [6.07, 6.45) is 2.18. The molecule has 0 heterocycles. The molecule has 2 atom stereocenters. The molecule has 102 valence electrons. The first-order valence-electron chi connectivity index (χ1n) is 6.64. The Balaban J connectivity index is 2.00. The van der Waals surface area contributed by atoms with Gasteiger partial charge in [0.25, 0.3) is 0 Å². The lowest BCUT2D eigenvalue weighted by Gasteiger charge is -2.25.